The fraction of sp³-hybridized carbons (Fsp3) is 0.333. The van der Waals surface area contributed by atoms with Crippen LogP contribution in [0.15, 0.2) is 5.38 Å². The average molecular weight is 263 g/mol. The van der Waals surface area contributed by atoms with Gasteiger partial charge in [-0.15, -0.1) is 11.3 Å². The van der Waals surface area contributed by atoms with E-state index in [0.717, 1.165) is 10.7 Å². The van der Waals surface area contributed by atoms with Crippen molar-refractivity contribution in [3.63, 3.8) is 0 Å². The summed E-state index contributed by atoms with van der Waals surface area (Å²) >= 11 is 1.56. The summed E-state index contributed by atoms with van der Waals surface area (Å²) in [5, 5.41) is 12.0. The zero-order valence-electron chi connectivity index (χ0n) is 10.4. The van der Waals surface area contributed by atoms with Crippen molar-refractivity contribution < 1.29 is 9.90 Å². The van der Waals surface area contributed by atoms with E-state index in [1.54, 1.807) is 25.2 Å². The van der Waals surface area contributed by atoms with Crippen molar-refractivity contribution in [3.05, 3.63) is 38.9 Å². The van der Waals surface area contributed by atoms with Crippen molar-refractivity contribution in [2.24, 2.45) is 0 Å². The highest BCUT2D eigenvalue weighted by Crippen LogP contribution is 2.15. The number of nitrogens with zero attached hydrogens (tertiary/aromatic N) is 3. The maximum absolute atomic E-state index is 11.0. The molecule has 2 heterocycles. The molecule has 0 unspecified atom stereocenters. The molecule has 0 aliphatic rings. The van der Waals surface area contributed by atoms with Gasteiger partial charge in [0.25, 0.3) is 0 Å². The number of hydrogen-bond acceptors (Lipinski definition) is 5. The number of thiazole rings is 1. The van der Waals surface area contributed by atoms with Crippen LogP contribution in [0.25, 0.3) is 0 Å². The lowest BCUT2D eigenvalue weighted by atomic mass is 10.1. The molecule has 0 saturated carbocycles. The molecule has 0 fully saturated rings. The second-order valence-electron chi connectivity index (χ2n) is 4.05. The van der Waals surface area contributed by atoms with Crippen molar-refractivity contribution >= 4 is 17.3 Å². The third-order valence-corrected chi connectivity index (χ3v) is 3.47. The van der Waals surface area contributed by atoms with Gasteiger partial charge in [-0.05, 0) is 20.8 Å². The molecule has 0 aromatic carbocycles. The van der Waals surface area contributed by atoms with Gasteiger partial charge < -0.3 is 5.11 Å². The number of aromatic carboxylic acids is 1. The number of carboxylic acid groups (broad SMARTS) is 1. The van der Waals surface area contributed by atoms with Crippen LogP contribution in [0.2, 0.25) is 0 Å². The van der Waals surface area contributed by atoms with Crippen LogP contribution >= 0.6 is 11.3 Å². The van der Waals surface area contributed by atoms with E-state index in [9.17, 15) is 4.79 Å². The molecular formula is C12H13N3O2S. The van der Waals surface area contributed by atoms with Gasteiger partial charge >= 0.3 is 5.97 Å². The Morgan fingerprint density at radius 3 is 2.28 bits per heavy atom. The fourth-order valence-electron chi connectivity index (χ4n) is 1.79. The van der Waals surface area contributed by atoms with Gasteiger partial charge in [-0.25, -0.2) is 19.7 Å². The molecule has 94 valence electrons. The smallest absolute Gasteiger partial charge is 0.339 e. The third-order valence-electron chi connectivity index (χ3n) is 2.51. The highest BCUT2D eigenvalue weighted by molar-refractivity contribution is 7.09. The van der Waals surface area contributed by atoms with Crippen molar-refractivity contribution in [3.8, 4) is 0 Å². The molecule has 1 N–H and O–H groups in total. The number of aromatic nitrogens is 3. The number of rotatable bonds is 3. The molecule has 2 rings (SSSR count). The van der Waals surface area contributed by atoms with Crippen LogP contribution < -0.4 is 0 Å². The van der Waals surface area contributed by atoms with Crippen molar-refractivity contribution in [2.45, 2.75) is 27.2 Å². The minimum atomic E-state index is -0.985. The molecule has 0 aliphatic heterocycles. The first-order chi connectivity index (χ1) is 8.47. The lowest BCUT2D eigenvalue weighted by Gasteiger charge is -2.06. The van der Waals surface area contributed by atoms with Gasteiger partial charge in [0.15, 0.2) is 0 Å². The van der Waals surface area contributed by atoms with E-state index < -0.39 is 5.97 Å². The standard InChI is InChI=1S/C12H13N3O2S/c1-6-5-18-10(13-6)4-9-14-7(2)11(12(16)17)8(3)15-9/h5H,4H2,1-3H3,(H,16,17). The van der Waals surface area contributed by atoms with Gasteiger partial charge in [-0.1, -0.05) is 0 Å². The zero-order valence-corrected chi connectivity index (χ0v) is 11.2. The van der Waals surface area contributed by atoms with Gasteiger partial charge in [0, 0.05) is 11.1 Å². The van der Waals surface area contributed by atoms with Gasteiger partial charge in [0.05, 0.1) is 17.8 Å². The highest BCUT2D eigenvalue weighted by Gasteiger charge is 2.15. The van der Waals surface area contributed by atoms with E-state index in [-0.39, 0.29) is 5.56 Å². The highest BCUT2D eigenvalue weighted by atomic mass is 32.1. The first-order valence-corrected chi connectivity index (χ1v) is 6.33. The quantitative estimate of drug-likeness (QED) is 0.918. The molecule has 0 radical (unpaired) electrons. The summed E-state index contributed by atoms with van der Waals surface area (Å²) in [5.74, 6) is -0.369. The summed E-state index contributed by atoms with van der Waals surface area (Å²) < 4.78 is 0. The van der Waals surface area contributed by atoms with Crippen molar-refractivity contribution in [2.75, 3.05) is 0 Å². The minimum Gasteiger partial charge on any atom is -0.478 e. The van der Waals surface area contributed by atoms with E-state index in [4.69, 9.17) is 5.11 Å². The van der Waals surface area contributed by atoms with Crippen LogP contribution in [-0.2, 0) is 6.42 Å². The molecule has 18 heavy (non-hydrogen) atoms. The fourth-order valence-corrected chi connectivity index (χ4v) is 2.56. The Balaban J connectivity index is 2.33. The third kappa shape index (κ3) is 2.53. The monoisotopic (exact) mass is 263 g/mol. The van der Waals surface area contributed by atoms with E-state index in [0.29, 0.717) is 23.6 Å². The number of carboxylic acids is 1. The Kier molecular flexibility index (Phi) is 3.38. The van der Waals surface area contributed by atoms with E-state index in [1.807, 2.05) is 12.3 Å². The Morgan fingerprint density at radius 1 is 1.22 bits per heavy atom. The van der Waals surface area contributed by atoms with Crippen LogP contribution in [0.1, 0.15) is 38.3 Å². The predicted octanol–water partition coefficient (Wildman–Crippen LogP) is 2.15. The topological polar surface area (TPSA) is 76.0 Å². The number of aryl methyl sites for hydroxylation is 3. The lowest BCUT2D eigenvalue weighted by Crippen LogP contribution is -2.10. The Morgan fingerprint density at radius 2 is 1.83 bits per heavy atom. The molecule has 5 nitrogen and oxygen atoms in total. The van der Waals surface area contributed by atoms with Crippen LogP contribution in [0.4, 0.5) is 0 Å². The Bertz CT molecular complexity index is 584. The summed E-state index contributed by atoms with van der Waals surface area (Å²) in [4.78, 5) is 23.8. The Labute approximate surface area is 109 Å². The SMILES string of the molecule is Cc1csc(Cc2nc(C)c(C(=O)O)c(C)n2)n1. The summed E-state index contributed by atoms with van der Waals surface area (Å²) in [7, 11) is 0. The van der Waals surface area contributed by atoms with E-state index >= 15 is 0 Å². The van der Waals surface area contributed by atoms with Gasteiger partial charge in [0.2, 0.25) is 0 Å². The predicted molar refractivity (Wildman–Crippen MR) is 68.1 cm³/mol. The summed E-state index contributed by atoms with van der Waals surface area (Å²) in [6.45, 7) is 5.31. The van der Waals surface area contributed by atoms with Crippen LogP contribution in [0.3, 0.4) is 0 Å². The first kappa shape index (κ1) is 12.6. The van der Waals surface area contributed by atoms with E-state index in [1.165, 1.54) is 0 Å². The number of hydrogen-bond donors (Lipinski definition) is 1. The molecule has 2 aromatic heterocycles. The average Bonchev–Trinajstić information content (AvgIpc) is 2.62. The zero-order chi connectivity index (χ0) is 13.3. The molecule has 0 saturated heterocycles. The maximum atomic E-state index is 11.0. The normalized spacial score (nSPS) is 10.6. The molecular weight excluding hydrogens is 250 g/mol. The van der Waals surface area contributed by atoms with Crippen molar-refractivity contribution in [1.82, 2.24) is 15.0 Å². The summed E-state index contributed by atoms with van der Waals surface area (Å²) in [6, 6.07) is 0. The summed E-state index contributed by atoms with van der Waals surface area (Å²) in [6.07, 6.45) is 0.542. The van der Waals surface area contributed by atoms with Crippen molar-refractivity contribution in [1.29, 1.82) is 0 Å². The van der Waals surface area contributed by atoms with Gasteiger partial charge in [-0.2, -0.15) is 0 Å². The molecule has 6 heteroatoms. The molecule has 0 spiro atoms. The maximum Gasteiger partial charge on any atom is 0.339 e. The summed E-state index contributed by atoms with van der Waals surface area (Å²) in [5.41, 5.74) is 2.16. The van der Waals surface area contributed by atoms with Crippen LogP contribution in [0.5, 0.6) is 0 Å². The molecule has 0 atom stereocenters. The minimum absolute atomic E-state index is 0.189. The second kappa shape index (κ2) is 4.81. The second-order valence-corrected chi connectivity index (χ2v) is 4.99. The Hall–Kier alpha value is -1.82. The van der Waals surface area contributed by atoms with Gasteiger partial charge in [0.1, 0.15) is 16.4 Å². The van der Waals surface area contributed by atoms with Gasteiger partial charge in [-0.3, -0.25) is 0 Å². The van der Waals surface area contributed by atoms with E-state index in [2.05, 4.69) is 15.0 Å². The molecule has 0 bridgehead atoms. The largest absolute Gasteiger partial charge is 0.478 e. The molecule has 0 aliphatic carbocycles. The molecule has 0 amide bonds. The van der Waals surface area contributed by atoms with Crippen LogP contribution in [-0.4, -0.2) is 26.0 Å². The number of carbonyl (C=O) groups is 1. The lowest BCUT2D eigenvalue weighted by molar-refractivity contribution is 0.0694. The van der Waals surface area contributed by atoms with Crippen LogP contribution in [0, 0.1) is 20.8 Å². The first-order valence-electron chi connectivity index (χ1n) is 5.45. The molecule has 2 aromatic rings.